The first-order valence-corrected chi connectivity index (χ1v) is 3.29. The maximum Gasteiger partial charge on any atom is 2.00 e. The van der Waals surface area contributed by atoms with Gasteiger partial charge in [-0.1, -0.05) is 20.5 Å². The smallest absolute Gasteiger partial charge is 0.373 e. The topological polar surface area (TPSA) is 312 Å². The van der Waals surface area contributed by atoms with Gasteiger partial charge in [-0.2, -0.15) is 0 Å². The zero-order valence-corrected chi connectivity index (χ0v) is 13.3. The van der Waals surface area contributed by atoms with E-state index >= 15 is 0 Å². The fourth-order valence-corrected chi connectivity index (χ4v) is 0.360. The molecule has 0 saturated carbocycles. The molecule has 0 bridgehead atoms. The molecule has 0 radical (unpaired) electrons. The Bertz CT molecular complexity index is 424. The van der Waals surface area contributed by atoms with Gasteiger partial charge in [-0.15, -0.1) is 0 Å². The van der Waals surface area contributed by atoms with Crippen molar-refractivity contribution < 1.29 is 27.3 Å². The molecule has 0 rings (SSSR count). The zero-order chi connectivity index (χ0) is 15.6. The molecule has 96 valence electrons. The van der Waals surface area contributed by atoms with Crippen LogP contribution in [-0.2, 0) is 27.3 Å². The van der Waals surface area contributed by atoms with Crippen molar-refractivity contribution in [2.24, 2.45) is 20.5 Å². The first-order chi connectivity index (χ1) is 9.07. The van der Waals surface area contributed by atoms with Crippen molar-refractivity contribution in [2.75, 3.05) is 0 Å². The van der Waals surface area contributed by atoms with Crippen LogP contribution >= 0.6 is 0 Å². The summed E-state index contributed by atoms with van der Waals surface area (Å²) in [6.07, 6.45) is 0. The van der Waals surface area contributed by atoms with Gasteiger partial charge in [0.25, 0.3) is 5.91 Å². The molecule has 0 aliphatic carbocycles. The van der Waals surface area contributed by atoms with Gasteiger partial charge < -0.3 is 22.1 Å². The third-order valence-electron chi connectivity index (χ3n) is 0.716. The van der Waals surface area contributed by atoms with Gasteiger partial charge in [-0.05, 0) is 22.1 Å². The van der Waals surface area contributed by atoms with Crippen LogP contribution in [-0.4, -0.2) is 5.91 Å². The van der Waals surface area contributed by atoms with Gasteiger partial charge in [0.1, 0.15) is 0 Å². The fraction of sp³-hybridized carbons (Fsp3) is 1.00. The van der Waals surface area contributed by atoms with E-state index < -0.39 is 5.91 Å². The Kier molecular flexibility index (Phi) is 27.0. The van der Waals surface area contributed by atoms with Gasteiger partial charge in [-0.25, -0.2) is 0 Å². The van der Waals surface area contributed by atoms with Crippen LogP contribution in [0.2, 0.25) is 0 Å². The van der Waals surface area contributed by atoms with E-state index in [2.05, 4.69) is 40.1 Å². The van der Waals surface area contributed by atoms with Gasteiger partial charge in [0, 0.05) is 19.6 Å². The van der Waals surface area contributed by atoms with E-state index in [1.54, 1.807) is 0 Å². The first-order valence-electron chi connectivity index (χ1n) is 3.29. The van der Waals surface area contributed by atoms with Crippen molar-refractivity contribution in [3.8, 4) is 0 Å². The third-order valence-corrected chi connectivity index (χ3v) is 0.716. The number of rotatable bonds is 4. The van der Waals surface area contributed by atoms with Gasteiger partial charge in [0.15, 0.2) is 0 Å². The summed E-state index contributed by atoms with van der Waals surface area (Å²) >= 11 is 0. The maximum absolute atomic E-state index is 7.99. The van der Waals surface area contributed by atoms with Crippen LogP contribution in [0, 0.1) is 0 Å². The Morgan fingerprint density at radius 1 is 0.500 bits per heavy atom. The molecular weight excluding hydrogens is 377 g/mol. The van der Waals surface area contributed by atoms with Crippen molar-refractivity contribution in [1.29, 1.82) is 0 Å². The standard InChI is InChI=1S/CN12.Cd.2N3/c2-10-6-1(7-11-3,8-12-4)9-13-5;;2*1-3-2/q;+2;2*-1. The Hall–Kier alpha value is -3.22. The number of nitrogens with zero attached hydrogens (tertiary/aromatic N) is 18. The third kappa shape index (κ3) is 17.2. The summed E-state index contributed by atoms with van der Waals surface area (Å²) in [5.74, 6) is -2.47. The molecule has 0 aromatic carbocycles. The van der Waals surface area contributed by atoms with Crippen LogP contribution in [0.15, 0.2) is 20.5 Å². The summed E-state index contributed by atoms with van der Waals surface area (Å²) in [7, 11) is 0. The molecule has 0 heterocycles. The van der Waals surface area contributed by atoms with Gasteiger partial charge >= 0.3 is 27.3 Å². The Morgan fingerprint density at radius 2 is 0.650 bits per heavy atom. The van der Waals surface area contributed by atoms with E-state index in [1.807, 2.05) is 0 Å². The molecule has 0 aromatic rings. The largest absolute Gasteiger partial charge is 2.00 e. The Labute approximate surface area is 127 Å². The quantitative estimate of drug-likeness (QED) is 0.281. The maximum atomic E-state index is 7.99. The average molecular weight is 377 g/mol. The molecule has 0 fully saturated rings. The Balaban J connectivity index is -0.000000156. The molecule has 18 nitrogen and oxygen atoms in total. The second-order valence-corrected chi connectivity index (χ2v) is 1.54. The summed E-state index contributed by atoms with van der Waals surface area (Å²) < 4.78 is 0. The van der Waals surface area contributed by atoms with Crippen molar-refractivity contribution in [2.45, 2.75) is 5.91 Å². The molecule has 19 heteroatoms. The molecule has 0 aliphatic rings. The molecule has 0 saturated heterocycles. The SMILES string of the molecule is [Cd+2].[N-]=[N+]=NC(N=[N+]=[N-])(N=[N+]=[N-])N=[N+]=[N-].[N-]=[N+]=[N-].[N-]=[N+]=[N-]. The van der Waals surface area contributed by atoms with Gasteiger partial charge in [0.2, 0.25) is 0 Å². The van der Waals surface area contributed by atoms with Crippen LogP contribution < -0.4 is 0 Å². The number of azide groups is 1. The summed E-state index contributed by atoms with van der Waals surface area (Å²) in [5, 5.41) is 11.0. The summed E-state index contributed by atoms with van der Waals surface area (Å²) in [6, 6.07) is 0. The second-order valence-electron chi connectivity index (χ2n) is 1.54. The first kappa shape index (κ1) is 25.6. The van der Waals surface area contributed by atoms with Gasteiger partial charge in [-0.3, -0.25) is 9.82 Å². The normalized spacial score (nSPS) is 8.40. The molecule has 20 heavy (non-hydrogen) atoms. The van der Waals surface area contributed by atoms with Crippen LogP contribution in [0.5, 0.6) is 0 Å². The molecule has 0 spiro atoms. The number of hydrogen-bond donors (Lipinski definition) is 0. The second kappa shape index (κ2) is 21.1. The van der Waals surface area contributed by atoms with Gasteiger partial charge in [0.05, 0.1) is 0 Å². The molecule has 0 unspecified atom stereocenters. The summed E-state index contributed by atoms with van der Waals surface area (Å²) in [5.41, 5.74) is 59.0. The molecule has 0 aliphatic heterocycles. The summed E-state index contributed by atoms with van der Waals surface area (Å²) in [4.78, 5) is 11.8. The zero-order valence-electron chi connectivity index (χ0n) is 9.26. The van der Waals surface area contributed by atoms with Crippen LogP contribution in [0.1, 0.15) is 0 Å². The van der Waals surface area contributed by atoms with Crippen LogP contribution in [0.25, 0.3) is 73.7 Å². The minimum atomic E-state index is -2.47. The van der Waals surface area contributed by atoms with E-state index in [-0.39, 0.29) is 27.3 Å². The number of hydrogen-bond acceptors (Lipinski definition) is 4. The van der Waals surface area contributed by atoms with E-state index in [4.69, 9.17) is 44.2 Å². The minimum absolute atomic E-state index is 0. The van der Waals surface area contributed by atoms with E-state index in [9.17, 15) is 0 Å². The Morgan fingerprint density at radius 3 is 0.750 bits per heavy atom. The van der Waals surface area contributed by atoms with Crippen molar-refractivity contribution >= 4 is 0 Å². The average Bonchev–Trinajstić information content (AvgIpc) is 2.32. The molecule has 0 amide bonds. The fourth-order valence-electron chi connectivity index (χ4n) is 0.360. The predicted octanol–water partition coefficient (Wildman–Crippen LogP) is 4.57. The predicted molar refractivity (Wildman–Crippen MR) is 59.5 cm³/mol. The molecule has 0 atom stereocenters. The van der Waals surface area contributed by atoms with E-state index in [1.165, 1.54) is 9.82 Å². The van der Waals surface area contributed by atoms with Crippen LogP contribution in [0.3, 0.4) is 0 Å². The summed E-state index contributed by atoms with van der Waals surface area (Å²) in [6.45, 7) is 0. The molecule has 0 aromatic heterocycles. The van der Waals surface area contributed by atoms with Crippen molar-refractivity contribution in [1.82, 2.24) is 0 Å². The molecule has 0 N–H and O–H groups in total. The van der Waals surface area contributed by atoms with E-state index in [0.29, 0.717) is 0 Å². The van der Waals surface area contributed by atoms with Crippen molar-refractivity contribution in [3.05, 3.63) is 73.7 Å². The van der Waals surface area contributed by atoms with Crippen molar-refractivity contribution in [3.63, 3.8) is 0 Å². The monoisotopic (exact) mass is 378 g/mol. The van der Waals surface area contributed by atoms with Crippen LogP contribution in [0.4, 0.5) is 0 Å². The van der Waals surface area contributed by atoms with E-state index in [0.717, 1.165) is 0 Å². The minimum Gasteiger partial charge on any atom is -0.373 e. The molecular formula is CCdN18.